The fourth-order valence-corrected chi connectivity index (χ4v) is 3.33. The van der Waals surface area contributed by atoms with Crippen LogP contribution in [0.5, 0.6) is 0 Å². The Bertz CT molecular complexity index is 842. The number of carbonyl (C=O) groups is 1. The lowest BCUT2D eigenvalue weighted by atomic mass is 10.1. The Balaban J connectivity index is 1.77. The van der Waals surface area contributed by atoms with E-state index < -0.39 is 0 Å². The molecule has 0 bridgehead atoms. The lowest BCUT2D eigenvalue weighted by Gasteiger charge is -2.14. The first-order valence-electron chi connectivity index (χ1n) is 6.89. The molecular formula is C17H13ClFNO2S. The third-order valence-electron chi connectivity index (χ3n) is 3.32. The first-order chi connectivity index (χ1) is 11.0. The Morgan fingerprint density at radius 3 is 2.70 bits per heavy atom. The van der Waals surface area contributed by atoms with Gasteiger partial charge in [-0.15, -0.1) is 11.3 Å². The second-order valence-corrected chi connectivity index (χ2v) is 6.81. The van der Waals surface area contributed by atoms with Crippen LogP contribution in [-0.4, -0.2) is 17.9 Å². The van der Waals surface area contributed by atoms with Gasteiger partial charge in [0.15, 0.2) is 5.76 Å². The van der Waals surface area contributed by atoms with Gasteiger partial charge in [0, 0.05) is 11.9 Å². The molecule has 0 spiro atoms. The van der Waals surface area contributed by atoms with Crippen molar-refractivity contribution in [2.75, 3.05) is 7.05 Å². The minimum Gasteiger partial charge on any atom is -0.451 e. The molecule has 0 saturated heterocycles. The van der Waals surface area contributed by atoms with E-state index in [2.05, 4.69) is 0 Å². The molecule has 0 fully saturated rings. The molecule has 1 aromatic carbocycles. The number of furan rings is 1. The van der Waals surface area contributed by atoms with Crippen molar-refractivity contribution in [2.45, 2.75) is 6.54 Å². The molecule has 0 atom stereocenters. The molecule has 0 aliphatic heterocycles. The van der Waals surface area contributed by atoms with Crippen molar-refractivity contribution < 1.29 is 13.6 Å². The van der Waals surface area contributed by atoms with Crippen molar-refractivity contribution >= 4 is 28.8 Å². The highest BCUT2D eigenvalue weighted by molar-refractivity contribution is 7.16. The first kappa shape index (κ1) is 15.8. The molecule has 0 N–H and O–H groups in total. The largest absolute Gasteiger partial charge is 0.451 e. The number of thiophene rings is 1. The molecule has 0 unspecified atom stereocenters. The van der Waals surface area contributed by atoms with Crippen LogP contribution in [0.15, 0.2) is 52.9 Å². The number of rotatable bonds is 4. The van der Waals surface area contributed by atoms with Gasteiger partial charge in [-0.05, 0) is 36.4 Å². The Hall–Kier alpha value is -2.11. The lowest BCUT2D eigenvalue weighted by molar-refractivity contribution is 0.0755. The fourth-order valence-electron chi connectivity index (χ4n) is 2.19. The summed E-state index contributed by atoms with van der Waals surface area (Å²) in [5.74, 6) is -0.146. The molecule has 0 aliphatic rings. The van der Waals surface area contributed by atoms with Crippen LogP contribution in [0.2, 0.25) is 4.34 Å². The predicted octanol–water partition coefficient (Wildman–Crippen LogP) is 5.07. The minimum atomic E-state index is -0.387. The molecule has 1 amide bonds. The van der Waals surface area contributed by atoms with E-state index in [0.29, 0.717) is 22.2 Å². The van der Waals surface area contributed by atoms with E-state index in [9.17, 15) is 9.18 Å². The zero-order chi connectivity index (χ0) is 16.4. The Labute approximate surface area is 141 Å². The second-order valence-electron chi connectivity index (χ2n) is 5.01. The van der Waals surface area contributed by atoms with Gasteiger partial charge in [-0.25, -0.2) is 4.39 Å². The van der Waals surface area contributed by atoms with Gasteiger partial charge >= 0.3 is 0 Å². The topological polar surface area (TPSA) is 33.5 Å². The first-order valence-corrected chi connectivity index (χ1v) is 8.08. The number of hydrogen-bond acceptors (Lipinski definition) is 3. The summed E-state index contributed by atoms with van der Waals surface area (Å²) in [5.41, 5.74) is 0.333. The normalized spacial score (nSPS) is 10.7. The monoisotopic (exact) mass is 349 g/mol. The molecule has 118 valence electrons. The van der Waals surface area contributed by atoms with E-state index in [4.69, 9.17) is 16.0 Å². The number of hydrogen-bond donors (Lipinski definition) is 0. The van der Waals surface area contributed by atoms with E-state index in [-0.39, 0.29) is 17.5 Å². The van der Waals surface area contributed by atoms with Crippen molar-refractivity contribution in [2.24, 2.45) is 0 Å². The van der Waals surface area contributed by atoms with Crippen molar-refractivity contribution in [1.82, 2.24) is 4.90 Å². The molecular weight excluding hydrogens is 337 g/mol. The van der Waals surface area contributed by atoms with Gasteiger partial charge in [-0.3, -0.25) is 4.79 Å². The third kappa shape index (κ3) is 3.46. The number of nitrogens with zero attached hydrogens (tertiary/aromatic N) is 1. The Morgan fingerprint density at radius 2 is 2.00 bits per heavy atom. The van der Waals surface area contributed by atoms with Crippen LogP contribution in [0.4, 0.5) is 4.39 Å². The molecule has 23 heavy (non-hydrogen) atoms. The van der Waals surface area contributed by atoms with E-state index >= 15 is 0 Å². The summed E-state index contributed by atoms with van der Waals surface area (Å²) < 4.78 is 20.0. The number of halogens is 2. The molecule has 3 aromatic rings. The Morgan fingerprint density at radius 1 is 1.22 bits per heavy atom. The summed E-state index contributed by atoms with van der Waals surface area (Å²) in [6.07, 6.45) is 0. The maximum atomic E-state index is 13.8. The average molecular weight is 350 g/mol. The van der Waals surface area contributed by atoms with Crippen molar-refractivity contribution in [1.29, 1.82) is 0 Å². The van der Waals surface area contributed by atoms with Crippen molar-refractivity contribution in [3.05, 3.63) is 69.3 Å². The van der Waals surface area contributed by atoms with Gasteiger partial charge in [0.1, 0.15) is 11.6 Å². The zero-order valence-corrected chi connectivity index (χ0v) is 13.8. The van der Waals surface area contributed by atoms with Gasteiger partial charge in [-0.2, -0.15) is 0 Å². The minimum absolute atomic E-state index is 0.174. The number of carbonyl (C=O) groups excluding carboxylic acids is 1. The van der Waals surface area contributed by atoms with E-state index in [1.54, 1.807) is 43.4 Å². The summed E-state index contributed by atoms with van der Waals surface area (Å²) in [5, 5.41) is 0. The smallest absolute Gasteiger partial charge is 0.289 e. The quantitative estimate of drug-likeness (QED) is 0.658. The summed E-state index contributed by atoms with van der Waals surface area (Å²) in [7, 11) is 1.68. The second kappa shape index (κ2) is 6.56. The predicted molar refractivity (Wildman–Crippen MR) is 89.2 cm³/mol. The van der Waals surface area contributed by atoms with Crippen molar-refractivity contribution in [3.8, 4) is 11.3 Å². The number of benzene rings is 1. The molecule has 2 heterocycles. The van der Waals surface area contributed by atoms with Gasteiger partial charge < -0.3 is 9.32 Å². The highest BCUT2D eigenvalue weighted by Gasteiger charge is 2.18. The maximum Gasteiger partial charge on any atom is 0.289 e. The molecule has 3 rings (SSSR count). The van der Waals surface area contributed by atoms with Crippen LogP contribution in [0.1, 0.15) is 15.4 Å². The Kier molecular flexibility index (Phi) is 4.50. The van der Waals surface area contributed by atoms with Gasteiger partial charge in [-0.1, -0.05) is 23.7 Å². The number of amides is 1. The molecule has 3 nitrogen and oxygen atoms in total. The summed E-state index contributed by atoms with van der Waals surface area (Å²) in [6, 6.07) is 13.1. The van der Waals surface area contributed by atoms with Crippen LogP contribution < -0.4 is 0 Å². The molecule has 6 heteroatoms. The fraction of sp³-hybridized carbons (Fsp3) is 0.118. The van der Waals surface area contributed by atoms with Crippen LogP contribution in [-0.2, 0) is 6.54 Å². The summed E-state index contributed by atoms with van der Waals surface area (Å²) in [4.78, 5) is 14.9. The van der Waals surface area contributed by atoms with Gasteiger partial charge in [0.05, 0.1) is 16.4 Å². The van der Waals surface area contributed by atoms with Crippen LogP contribution >= 0.6 is 22.9 Å². The summed E-state index contributed by atoms with van der Waals surface area (Å²) >= 11 is 7.31. The molecule has 0 radical (unpaired) electrons. The SMILES string of the molecule is CN(Cc1ccc(Cl)s1)C(=O)c1ccc(-c2ccccc2F)o1. The highest BCUT2D eigenvalue weighted by Crippen LogP contribution is 2.26. The molecule has 0 aliphatic carbocycles. The molecule has 2 aromatic heterocycles. The maximum absolute atomic E-state index is 13.8. The lowest BCUT2D eigenvalue weighted by Crippen LogP contribution is -2.25. The third-order valence-corrected chi connectivity index (χ3v) is 4.54. The standard InChI is InChI=1S/C17H13ClFNO2S/c1-20(10-11-6-9-16(18)23-11)17(21)15-8-7-14(22-15)12-4-2-3-5-13(12)19/h2-9H,10H2,1H3. The van der Waals surface area contributed by atoms with E-state index in [0.717, 1.165) is 4.88 Å². The average Bonchev–Trinajstić information content (AvgIpc) is 3.16. The van der Waals surface area contributed by atoms with Gasteiger partial charge in [0.2, 0.25) is 0 Å². The van der Waals surface area contributed by atoms with Crippen molar-refractivity contribution in [3.63, 3.8) is 0 Å². The highest BCUT2D eigenvalue weighted by atomic mass is 35.5. The van der Waals surface area contributed by atoms with Crippen LogP contribution in [0, 0.1) is 5.82 Å². The van der Waals surface area contributed by atoms with Crippen LogP contribution in [0.25, 0.3) is 11.3 Å². The van der Waals surface area contributed by atoms with E-state index in [1.807, 2.05) is 6.07 Å². The van der Waals surface area contributed by atoms with Crippen LogP contribution in [0.3, 0.4) is 0 Å². The van der Waals surface area contributed by atoms with Gasteiger partial charge in [0.25, 0.3) is 5.91 Å². The molecule has 0 saturated carbocycles. The van der Waals surface area contributed by atoms with E-state index in [1.165, 1.54) is 22.3 Å². The zero-order valence-electron chi connectivity index (χ0n) is 12.3. The summed E-state index contributed by atoms with van der Waals surface area (Å²) in [6.45, 7) is 0.436.